The van der Waals surface area contributed by atoms with Crippen molar-refractivity contribution < 1.29 is 24.3 Å². The first-order valence-corrected chi connectivity index (χ1v) is 17.3. The minimum atomic E-state index is -1.23. The molecule has 2 aliphatic heterocycles. The molecule has 3 aromatic carbocycles. The number of oxime groups is 1. The lowest BCUT2D eigenvalue weighted by Crippen LogP contribution is -2.71. The number of rotatable bonds is 12. The summed E-state index contributed by atoms with van der Waals surface area (Å²) in [5.74, 6) is -1.90. The maximum Gasteiger partial charge on any atom is 0.352 e. The van der Waals surface area contributed by atoms with Crippen molar-refractivity contribution in [3.05, 3.63) is 142 Å². The molecule has 4 aromatic rings. The fourth-order valence-corrected chi connectivity index (χ4v) is 8.00. The van der Waals surface area contributed by atoms with Crippen molar-refractivity contribution in [2.24, 2.45) is 5.16 Å². The van der Waals surface area contributed by atoms with Gasteiger partial charge in [-0.2, -0.15) is 0 Å². The molecule has 3 heterocycles. The third-order valence-corrected chi connectivity index (χ3v) is 10.2. The van der Waals surface area contributed by atoms with E-state index in [1.165, 1.54) is 35.1 Å². The van der Waals surface area contributed by atoms with E-state index in [2.05, 4.69) is 52.2 Å². The van der Waals surface area contributed by atoms with Crippen LogP contribution in [0.15, 0.2) is 125 Å². The number of carboxylic acid groups (broad SMARTS) is 1. The number of fused-ring (bicyclic) bond motifs is 1. The number of hydrogen-bond acceptors (Lipinski definition) is 9. The van der Waals surface area contributed by atoms with E-state index in [1.807, 2.05) is 54.6 Å². The van der Waals surface area contributed by atoms with Gasteiger partial charge in [-0.3, -0.25) is 14.5 Å². The zero-order chi connectivity index (χ0) is 33.7. The number of thiazole rings is 1. The monoisotopic (exact) mass is 699 g/mol. The van der Waals surface area contributed by atoms with Crippen molar-refractivity contribution >= 4 is 63.3 Å². The number of benzene rings is 3. The van der Waals surface area contributed by atoms with Gasteiger partial charge >= 0.3 is 5.97 Å². The van der Waals surface area contributed by atoms with Crippen molar-refractivity contribution in [1.82, 2.24) is 15.2 Å². The van der Waals surface area contributed by atoms with E-state index in [-0.39, 0.29) is 23.0 Å². The van der Waals surface area contributed by atoms with Gasteiger partial charge in [0.15, 0.2) is 10.8 Å². The Labute approximate surface area is 290 Å². The number of alkyl halides is 1. The maximum atomic E-state index is 13.6. The Morgan fingerprint density at radius 1 is 1.04 bits per heavy atom. The van der Waals surface area contributed by atoms with Crippen LogP contribution in [0.25, 0.3) is 0 Å². The molecule has 0 saturated carbocycles. The fraction of sp³-hybridized carbons (Fsp3) is 0.171. The molecule has 3 N–H and O–H groups in total. The molecule has 2 amide bonds. The fourth-order valence-electron chi connectivity index (χ4n) is 5.84. The lowest BCUT2D eigenvalue weighted by Gasteiger charge is -2.49. The van der Waals surface area contributed by atoms with Gasteiger partial charge in [-0.15, -0.1) is 34.7 Å². The van der Waals surface area contributed by atoms with Gasteiger partial charge in [-0.05, 0) is 22.3 Å². The molecule has 1 aromatic heterocycles. The van der Waals surface area contributed by atoms with E-state index in [4.69, 9.17) is 21.4 Å². The van der Waals surface area contributed by atoms with Crippen LogP contribution in [-0.2, 0) is 24.8 Å². The number of nitrogens with zero attached hydrogens (tertiary/aromatic N) is 3. The highest BCUT2D eigenvalue weighted by Gasteiger charge is 2.54. The molecule has 0 radical (unpaired) electrons. The topological polar surface area (TPSA) is 133 Å². The van der Waals surface area contributed by atoms with Crippen LogP contribution in [0.1, 0.15) is 22.4 Å². The third kappa shape index (κ3) is 6.21. The van der Waals surface area contributed by atoms with Gasteiger partial charge in [0.1, 0.15) is 35.5 Å². The zero-order valence-corrected chi connectivity index (χ0v) is 28.0. The Hall–Kier alpha value is -4.91. The van der Waals surface area contributed by atoms with Crippen molar-refractivity contribution in [2.75, 3.05) is 24.1 Å². The van der Waals surface area contributed by atoms with Crippen molar-refractivity contribution in [1.29, 1.82) is 0 Å². The molecule has 1 fully saturated rings. The smallest absolute Gasteiger partial charge is 0.352 e. The van der Waals surface area contributed by atoms with E-state index in [1.54, 1.807) is 17.5 Å². The molecule has 0 spiro atoms. The Bertz CT molecular complexity index is 1800. The Balaban J connectivity index is 1.29. The van der Waals surface area contributed by atoms with Crippen LogP contribution < -0.4 is 10.6 Å². The largest absolute Gasteiger partial charge is 0.477 e. The number of aliphatic carboxylic acids is 1. The molecule has 1 saturated heterocycles. The quantitative estimate of drug-likeness (QED) is 0.0587. The van der Waals surface area contributed by atoms with E-state index in [0.717, 1.165) is 16.7 Å². The van der Waals surface area contributed by atoms with Crippen LogP contribution in [0.5, 0.6) is 0 Å². The Kier molecular flexibility index (Phi) is 9.95. The summed E-state index contributed by atoms with van der Waals surface area (Å²) in [7, 11) is 1.32. The van der Waals surface area contributed by atoms with Crippen LogP contribution in [0.2, 0.25) is 0 Å². The molecule has 2 aliphatic rings. The summed E-state index contributed by atoms with van der Waals surface area (Å²) in [5.41, 5.74) is 2.58. The molecule has 10 nitrogen and oxygen atoms in total. The number of anilines is 1. The molecule has 0 bridgehead atoms. The number of amides is 2. The van der Waals surface area contributed by atoms with Crippen molar-refractivity contribution in [3.63, 3.8) is 0 Å². The number of carbonyl (C=O) groups excluding carboxylic acids is 2. The highest BCUT2D eigenvalue weighted by molar-refractivity contribution is 8.00. The van der Waals surface area contributed by atoms with E-state index >= 15 is 0 Å². The van der Waals surface area contributed by atoms with Crippen molar-refractivity contribution in [2.45, 2.75) is 17.0 Å². The van der Waals surface area contributed by atoms with E-state index in [9.17, 15) is 19.5 Å². The molecule has 6 rings (SSSR count). The van der Waals surface area contributed by atoms with Crippen LogP contribution >= 0.6 is 34.7 Å². The van der Waals surface area contributed by atoms with Gasteiger partial charge in [-0.1, -0.05) is 108 Å². The van der Waals surface area contributed by atoms with E-state index < -0.39 is 34.7 Å². The number of β-lactam (4-membered cyclic amide) rings is 1. The van der Waals surface area contributed by atoms with E-state index in [0.29, 0.717) is 16.5 Å². The van der Waals surface area contributed by atoms with Crippen LogP contribution in [0.3, 0.4) is 0 Å². The first-order chi connectivity index (χ1) is 23.4. The second-order valence-corrected chi connectivity index (χ2v) is 13.0. The molecular formula is C35H30ClN5O5S2. The van der Waals surface area contributed by atoms with Crippen LogP contribution in [0.4, 0.5) is 5.13 Å². The average Bonchev–Trinajstić information content (AvgIpc) is 3.59. The van der Waals surface area contributed by atoms with Crippen LogP contribution in [-0.4, -0.2) is 68.6 Å². The first-order valence-electron chi connectivity index (χ1n) is 14.8. The van der Waals surface area contributed by atoms with Gasteiger partial charge in [0, 0.05) is 17.0 Å². The predicted molar refractivity (Wildman–Crippen MR) is 188 cm³/mol. The van der Waals surface area contributed by atoms with Gasteiger partial charge in [0.05, 0.1) is 0 Å². The summed E-state index contributed by atoms with van der Waals surface area (Å²) in [6, 6.07) is 29.2. The summed E-state index contributed by atoms with van der Waals surface area (Å²) in [4.78, 5) is 49.9. The van der Waals surface area contributed by atoms with Gasteiger partial charge in [0.25, 0.3) is 11.8 Å². The normalized spacial score (nSPS) is 17.9. The summed E-state index contributed by atoms with van der Waals surface area (Å²) in [6.07, 6.45) is 3.23. The molecule has 244 valence electrons. The summed E-state index contributed by atoms with van der Waals surface area (Å²) < 4.78 is 0. The summed E-state index contributed by atoms with van der Waals surface area (Å²) >= 11 is 8.38. The Morgan fingerprint density at radius 2 is 1.62 bits per heavy atom. The van der Waals surface area contributed by atoms with Crippen molar-refractivity contribution in [3.8, 4) is 0 Å². The lowest BCUT2D eigenvalue weighted by molar-refractivity contribution is -0.150. The number of halogens is 1. The number of hydrogen-bond donors (Lipinski definition) is 3. The molecule has 13 heteroatoms. The minimum absolute atomic E-state index is 0.115. The molecule has 0 unspecified atom stereocenters. The van der Waals surface area contributed by atoms with Crippen LogP contribution in [0, 0.1) is 0 Å². The average molecular weight is 700 g/mol. The van der Waals surface area contributed by atoms with Gasteiger partial charge < -0.3 is 20.6 Å². The lowest BCUT2D eigenvalue weighted by atomic mass is 9.77. The zero-order valence-electron chi connectivity index (χ0n) is 25.6. The predicted octanol–water partition coefficient (Wildman–Crippen LogP) is 5.43. The first kappa shape index (κ1) is 33.0. The SMILES string of the molecule is CON=C(C(=O)N[C@@H]1C(=O)N2C(C(=O)O)=C(C=CCCl)CS[C@@H]12)c1csc(NC(c2ccccc2)(c2ccccc2)c2ccccc2)n1. The van der Waals surface area contributed by atoms with Gasteiger partial charge in [-0.25, -0.2) is 9.78 Å². The molecule has 0 aliphatic carbocycles. The number of aromatic nitrogens is 1. The molecule has 48 heavy (non-hydrogen) atoms. The third-order valence-electron chi connectivity index (χ3n) is 7.95. The minimum Gasteiger partial charge on any atom is -0.477 e. The molecular weight excluding hydrogens is 670 g/mol. The number of carbonyl (C=O) groups is 3. The highest BCUT2D eigenvalue weighted by Crippen LogP contribution is 2.42. The standard InChI is InChI=1S/C35H30ClN5O5S2/c1-46-40-27(30(42)38-28-31(43)41-29(33(44)45)22(12-11-19-36)20-47-32(28)41)26-21-48-34(37-26)39-35(23-13-5-2-6-14-23,24-15-7-3-8-16-24)25-17-9-4-10-18-25/h2-18,21,28,32H,19-20H2,1H3,(H,37,39)(H,38,42)(H,44,45)/t28-,32+/m1/s1. The summed E-state index contributed by atoms with van der Waals surface area (Å²) in [5, 5.41) is 21.9. The second kappa shape index (κ2) is 14.5. The number of thioether (sulfide) groups is 1. The number of carboxylic acids is 1. The maximum absolute atomic E-state index is 13.6. The number of nitrogens with one attached hydrogen (secondary N) is 2. The highest BCUT2D eigenvalue weighted by atomic mass is 35.5. The molecule has 2 atom stereocenters. The summed E-state index contributed by atoms with van der Waals surface area (Å²) in [6.45, 7) is 0. The van der Waals surface area contributed by atoms with Gasteiger partial charge in [0.2, 0.25) is 0 Å². The number of allylic oxidation sites excluding steroid dienone is 2. The second-order valence-electron chi connectivity index (χ2n) is 10.7. The Morgan fingerprint density at radius 3 is 2.15 bits per heavy atom.